The fourth-order valence-corrected chi connectivity index (χ4v) is 3.30. The first kappa shape index (κ1) is 19.4. The summed E-state index contributed by atoms with van der Waals surface area (Å²) in [6, 6.07) is 14.7. The van der Waals surface area contributed by atoms with Gasteiger partial charge in [0.05, 0.1) is 16.8 Å². The first-order valence-electron chi connectivity index (χ1n) is 9.43. The Bertz CT molecular complexity index is 1140. The van der Waals surface area contributed by atoms with Crippen LogP contribution in [0.25, 0.3) is 22.2 Å². The number of phenols is 1. The summed E-state index contributed by atoms with van der Waals surface area (Å²) in [6.45, 7) is 2.05. The molecule has 1 saturated heterocycles. The van der Waals surface area contributed by atoms with Gasteiger partial charge in [0.15, 0.2) is 6.10 Å². The molecule has 1 atom stereocenters. The van der Waals surface area contributed by atoms with Crippen molar-refractivity contribution in [2.45, 2.75) is 13.0 Å². The van der Waals surface area contributed by atoms with Crippen molar-refractivity contribution in [3.05, 3.63) is 60.2 Å². The number of fused-ring (bicyclic) bond motifs is 1. The molecule has 0 spiro atoms. The van der Waals surface area contributed by atoms with Gasteiger partial charge >= 0.3 is 12.0 Å². The Kier molecular flexibility index (Phi) is 5.05. The third-order valence-electron chi connectivity index (χ3n) is 4.85. The Morgan fingerprint density at radius 1 is 1.17 bits per heavy atom. The maximum Gasteiger partial charge on any atom is 0.339 e. The van der Waals surface area contributed by atoms with E-state index in [1.807, 2.05) is 6.07 Å². The SMILES string of the molecule is C[C@H](OC(=O)c1cc(-c2ccc(O)cc2)nc2ccccc12)C(=O)N1CCNC1=O. The molecule has 4 rings (SSSR count). The number of ether oxygens (including phenoxy) is 1. The van der Waals surface area contributed by atoms with E-state index in [0.717, 1.165) is 4.90 Å². The molecule has 1 aliphatic rings. The van der Waals surface area contributed by atoms with Gasteiger partial charge in [0.2, 0.25) is 0 Å². The van der Waals surface area contributed by atoms with Crippen LogP contribution >= 0.6 is 0 Å². The molecule has 0 radical (unpaired) electrons. The predicted octanol–water partition coefficient (Wildman–Crippen LogP) is 2.70. The lowest BCUT2D eigenvalue weighted by Crippen LogP contribution is -2.41. The predicted molar refractivity (Wildman–Crippen MR) is 109 cm³/mol. The van der Waals surface area contributed by atoms with E-state index in [4.69, 9.17) is 4.74 Å². The van der Waals surface area contributed by atoms with Crippen molar-refractivity contribution in [1.29, 1.82) is 0 Å². The molecule has 1 aromatic heterocycles. The highest BCUT2D eigenvalue weighted by Crippen LogP contribution is 2.27. The maximum absolute atomic E-state index is 12.9. The molecular formula is C22H19N3O5. The summed E-state index contributed by atoms with van der Waals surface area (Å²) in [4.78, 5) is 42.7. The van der Waals surface area contributed by atoms with Crippen LogP contribution in [0.4, 0.5) is 4.79 Å². The Hall–Kier alpha value is -3.94. The first-order chi connectivity index (χ1) is 14.4. The highest BCUT2D eigenvalue weighted by atomic mass is 16.5. The van der Waals surface area contributed by atoms with Gasteiger partial charge in [-0.15, -0.1) is 0 Å². The van der Waals surface area contributed by atoms with E-state index < -0.39 is 24.0 Å². The lowest BCUT2D eigenvalue weighted by atomic mass is 10.0. The van der Waals surface area contributed by atoms with Gasteiger partial charge in [0.1, 0.15) is 5.75 Å². The van der Waals surface area contributed by atoms with Crippen molar-refractivity contribution >= 4 is 28.8 Å². The third kappa shape index (κ3) is 3.67. The van der Waals surface area contributed by atoms with Crippen LogP contribution in [0, 0.1) is 0 Å². The second kappa shape index (κ2) is 7.82. The van der Waals surface area contributed by atoms with Gasteiger partial charge in [-0.25, -0.2) is 14.6 Å². The zero-order valence-corrected chi connectivity index (χ0v) is 16.2. The average molecular weight is 405 g/mol. The number of hydrogen-bond acceptors (Lipinski definition) is 6. The molecule has 1 fully saturated rings. The lowest BCUT2D eigenvalue weighted by molar-refractivity contribution is -0.136. The summed E-state index contributed by atoms with van der Waals surface area (Å²) in [5.74, 6) is -1.14. The number of nitrogens with zero attached hydrogens (tertiary/aromatic N) is 2. The van der Waals surface area contributed by atoms with E-state index in [-0.39, 0.29) is 17.9 Å². The molecule has 0 aliphatic carbocycles. The van der Waals surface area contributed by atoms with Crippen molar-refractivity contribution in [2.75, 3.05) is 13.1 Å². The molecule has 8 nitrogen and oxygen atoms in total. The molecule has 8 heteroatoms. The van der Waals surface area contributed by atoms with E-state index in [2.05, 4.69) is 10.3 Å². The zero-order valence-electron chi connectivity index (χ0n) is 16.2. The molecule has 0 unspecified atom stereocenters. The number of hydrogen-bond donors (Lipinski definition) is 2. The van der Waals surface area contributed by atoms with Crippen molar-refractivity contribution in [3.63, 3.8) is 0 Å². The summed E-state index contributed by atoms with van der Waals surface area (Å²) in [6.07, 6.45) is -1.12. The number of benzene rings is 2. The number of nitrogens with one attached hydrogen (secondary N) is 1. The van der Waals surface area contributed by atoms with Crippen LogP contribution in [-0.2, 0) is 9.53 Å². The fourth-order valence-electron chi connectivity index (χ4n) is 3.30. The van der Waals surface area contributed by atoms with Gasteiger partial charge in [-0.3, -0.25) is 9.69 Å². The second-order valence-corrected chi connectivity index (χ2v) is 6.89. The largest absolute Gasteiger partial charge is 0.508 e. The Labute approximate surface area is 172 Å². The monoisotopic (exact) mass is 405 g/mol. The number of pyridine rings is 1. The number of aromatic hydroxyl groups is 1. The highest BCUT2D eigenvalue weighted by Gasteiger charge is 2.32. The number of urea groups is 1. The lowest BCUT2D eigenvalue weighted by Gasteiger charge is -2.18. The van der Waals surface area contributed by atoms with Crippen molar-refractivity contribution in [3.8, 4) is 17.0 Å². The second-order valence-electron chi connectivity index (χ2n) is 6.89. The molecule has 2 aromatic carbocycles. The van der Waals surface area contributed by atoms with Crippen LogP contribution in [0.2, 0.25) is 0 Å². The standard InChI is InChI=1S/C22H19N3O5/c1-13(20(27)25-11-10-23-22(25)29)30-21(28)17-12-19(14-6-8-15(26)9-7-14)24-18-5-3-2-4-16(17)18/h2-9,12-13,26H,10-11H2,1H3,(H,23,29)/t13-/m0/s1. The van der Waals surface area contributed by atoms with Gasteiger partial charge in [-0.1, -0.05) is 18.2 Å². The number of carbonyl (C=O) groups is 3. The quantitative estimate of drug-likeness (QED) is 0.646. The van der Waals surface area contributed by atoms with Crippen LogP contribution in [0.1, 0.15) is 17.3 Å². The third-order valence-corrected chi connectivity index (χ3v) is 4.85. The molecule has 3 aromatic rings. The molecular weight excluding hydrogens is 386 g/mol. The van der Waals surface area contributed by atoms with Crippen LogP contribution in [0.3, 0.4) is 0 Å². The summed E-state index contributed by atoms with van der Waals surface area (Å²) in [5.41, 5.74) is 2.09. The van der Waals surface area contributed by atoms with Crippen LogP contribution in [0.15, 0.2) is 54.6 Å². The van der Waals surface area contributed by atoms with E-state index in [9.17, 15) is 19.5 Å². The molecule has 152 valence electrons. The number of rotatable bonds is 4. The maximum atomic E-state index is 12.9. The summed E-state index contributed by atoms with van der Waals surface area (Å²) in [7, 11) is 0. The number of carbonyl (C=O) groups excluding carboxylic acids is 3. The smallest absolute Gasteiger partial charge is 0.339 e. The topological polar surface area (TPSA) is 109 Å². The van der Waals surface area contributed by atoms with Gasteiger partial charge in [0, 0.05) is 24.0 Å². The van der Waals surface area contributed by atoms with Gasteiger partial charge < -0.3 is 15.2 Å². The summed E-state index contributed by atoms with van der Waals surface area (Å²) >= 11 is 0. The van der Waals surface area contributed by atoms with Gasteiger partial charge in [-0.05, 0) is 43.3 Å². The number of imide groups is 1. The Morgan fingerprint density at radius 2 is 1.90 bits per heavy atom. The van der Waals surface area contributed by atoms with E-state index in [0.29, 0.717) is 28.7 Å². The molecule has 0 bridgehead atoms. The number of esters is 1. The minimum absolute atomic E-state index is 0.123. The van der Waals surface area contributed by atoms with Crippen molar-refractivity contribution in [2.24, 2.45) is 0 Å². The molecule has 2 N–H and O–H groups in total. The zero-order chi connectivity index (χ0) is 21.3. The fraction of sp³-hybridized carbons (Fsp3) is 0.182. The van der Waals surface area contributed by atoms with E-state index in [1.54, 1.807) is 36.4 Å². The van der Waals surface area contributed by atoms with Gasteiger partial charge in [0.25, 0.3) is 5.91 Å². The Balaban J connectivity index is 1.66. The van der Waals surface area contributed by atoms with Gasteiger partial charge in [-0.2, -0.15) is 0 Å². The number of para-hydroxylation sites is 1. The molecule has 0 saturated carbocycles. The molecule has 1 aliphatic heterocycles. The van der Waals surface area contributed by atoms with Crippen molar-refractivity contribution in [1.82, 2.24) is 15.2 Å². The molecule has 2 heterocycles. The molecule has 30 heavy (non-hydrogen) atoms. The number of aromatic nitrogens is 1. The van der Waals surface area contributed by atoms with Crippen molar-refractivity contribution < 1.29 is 24.2 Å². The number of phenolic OH excluding ortho intramolecular Hbond substituents is 1. The minimum Gasteiger partial charge on any atom is -0.508 e. The first-order valence-corrected chi connectivity index (χ1v) is 9.43. The average Bonchev–Trinajstić information content (AvgIpc) is 3.18. The summed E-state index contributed by atoms with van der Waals surface area (Å²) in [5, 5.41) is 12.6. The van der Waals surface area contributed by atoms with Crippen LogP contribution < -0.4 is 5.32 Å². The number of amides is 3. The van der Waals surface area contributed by atoms with Crippen LogP contribution in [-0.4, -0.2) is 52.1 Å². The van der Waals surface area contributed by atoms with E-state index in [1.165, 1.54) is 19.1 Å². The highest BCUT2D eigenvalue weighted by molar-refractivity contribution is 6.06. The molecule has 3 amide bonds. The Morgan fingerprint density at radius 3 is 2.60 bits per heavy atom. The minimum atomic E-state index is -1.12. The van der Waals surface area contributed by atoms with Crippen LogP contribution in [0.5, 0.6) is 5.75 Å². The normalized spacial score (nSPS) is 14.4. The summed E-state index contributed by atoms with van der Waals surface area (Å²) < 4.78 is 5.40. The van der Waals surface area contributed by atoms with E-state index >= 15 is 0 Å².